The van der Waals surface area contributed by atoms with Crippen molar-refractivity contribution in [2.75, 3.05) is 6.67 Å². The molecule has 0 aliphatic carbocycles. The van der Waals surface area contributed by atoms with Crippen LogP contribution in [0.3, 0.4) is 0 Å². The highest BCUT2D eigenvalue weighted by Gasteiger charge is 2.02. The smallest absolute Gasteiger partial charge is 0.128 e. The quantitative estimate of drug-likeness (QED) is 0.535. The van der Waals surface area contributed by atoms with Gasteiger partial charge in [-0.1, -0.05) is 19.8 Å². The third-order valence-corrected chi connectivity index (χ3v) is 0.935. The summed E-state index contributed by atoms with van der Waals surface area (Å²) < 4.78 is 23.2. The third kappa shape index (κ3) is 4.03. The van der Waals surface area contributed by atoms with Gasteiger partial charge in [0.2, 0.25) is 0 Å². The maximum Gasteiger partial charge on any atom is 0.128 e. The van der Waals surface area contributed by atoms with E-state index >= 15 is 0 Å². The fourth-order valence-corrected chi connectivity index (χ4v) is 0.443. The first-order chi connectivity index (χ1) is 3.81. The lowest BCUT2D eigenvalue weighted by Gasteiger charge is -1.98. The normalized spacial score (nSPS) is 13.9. The molecule has 0 aromatic carbocycles. The summed E-state index contributed by atoms with van der Waals surface area (Å²) in [6.07, 6.45) is 0.447. The monoisotopic (exact) mass is 121 g/mol. The number of unbranched alkanes of at least 4 members (excludes halogenated alkanes) is 1. The molecule has 0 saturated carbocycles. The van der Waals surface area contributed by atoms with Crippen molar-refractivity contribution in [2.45, 2.75) is 25.4 Å². The predicted octanol–water partition coefficient (Wildman–Crippen LogP) is 2.30. The van der Waals surface area contributed by atoms with Crippen molar-refractivity contribution >= 4 is 0 Å². The van der Waals surface area contributed by atoms with Crippen LogP contribution < -0.4 is 0 Å². The molecule has 1 unspecified atom stereocenters. The molecule has 0 aromatic rings. The van der Waals surface area contributed by atoms with Gasteiger partial charge >= 0.3 is 0 Å². The van der Waals surface area contributed by atoms with Crippen molar-refractivity contribution in [1.29, 1.82) is 0 Å². The Hall–Kier alpha value is -0.140. The van der Waals surface area contributed by atoms with Crippen LogP contribution in [0.15, 0.2) is 0 Å². The minimum Gasteiger partial charge on any atom is -0.248 e. The van der Waals surface area contributed by atoms with Crippen molar-refractivity contribution < 1.29 is 8.78 Å². The molecule has 0 spiro atoms. The summed E-state index contributed by atoms with van der Waals surface area (Å²) in [4.78, 5) is 0. The van der Waals surface area contributed by atoms with E-state index < -0.39 is 12.8 Å². The van der Waals surface area contributed by atoms with Gasteiger partial charge in [-0.3, -0.25) is 0 Å². The fraction of sp³-hybridized carbons (Fsp3) is 0.833. The predicted molar refractivity (Wildman–Crippen MR) is 30.1 cm³/mol. The Bertz CT molecular complexity index is 45.8. The largest absolute Gasteiger partial charge is 0.248 e. The maximum atomic E-state index is 11.9. The first kappa shape index (κ1) is 7.86. The van der Waals surface area contributed by atoms with E-state index in [0.717, 1.165) is 0 Å². The van der Waals surface area contributed by atoms with E-state index in [1.54, 1.807) is 0 Å². The van der Waals surface area contributed by atoms with Crippen molar-refractivity contribution in [3.05, 3.63) is 6.92 Å². The molecule has 0 saturated heterocycles. The Balaban J connectivity index is 2.86. The summed E-state index contributed by atoms with van der Waals surface area (Å²) in [7, 11) is 0. The molecule has 0 aromatic heterocycles. The van der Waals surface area contributed by atoms with Crippen LogP contribution in [-0.2, 0) is 0 Å². The highest BCUT2D eigenvalue weighted by Crippen LogP contribution is 2.03. The molecule has 0 nitrogen and oxygen atoms in total. The second kappa shape index (κ2) is 5.01. The molecule has 0 heterocycles. The molecule has 0 aliphatic heterocycles. The minimum absolute atomic E-state index is 0.319. The van der Waals surface area contributed by atoms with E-state index in [4.69, 9.17) is 0 Å². The third-order valence-electron chi connectivity index (χ3n) is 0.935. The van der Waals surface area contributed by atoms with Gasteiger partial charge in [-0.25, -0.2) is 8.78 Å². The lowest BCUT2D eigenvalue weighted by Crippen LogP contribution is -2.00. The SMILES string of the molecule is [CH2]CCCC(F)CF. The van der Waals surface area contributed by atoms with Crippen molar-refractivity contribution in [1.82, 2.24) is 0 Å². The Labute approximate surface area is 48.9 Å². The van der Waals surface area contributed by atoms with Crippen LogP contribution >= 0.6 is 0 Å². The van der Waals surface area contributed by atoms with E-state index in [2.05, 4.69) is 6.92 Å². The average molecular weight is 121 g/mol. The molecule has 0 amide bonds. The molecule has 0 aliphatic rings. The molecule has 0 N–H and O–H groups in total. The highest BCUT2D eigenvalue weighted by atomic mass is 19.2. The molecule has 8 heavy (non-hydrogen) atoms. The van der Waals surface area contributed by atoms with Crippen LogP contribution in [-0.4, -0.2) is 12.8 Å². The van der Waals surface area contributed by atoms with Crippen molar-refractivity contribution in [2.24, 2.45) is 0 Å². The van der Waals surface area contributed by atoms with Crippen molar-refractivity contribution in [3.8, 4) is 0 Å². The van der Waals surface area contributed by atoms with Gasteiger partial charge in [0.25, 0.3) is 0 Å². The van der Waals surface area contributed by atoms with Gasteiger partial charge in [0.1, 0.15) is 12.8 Å². The van der Waals surface area contributed by atoms with Crippen LogP contribution in [0, 0.1) is 6.92 Å². The average Bonchev–Trinajstić information content (AvgIpc) is 1.83. The molecular formula is C6H11F2. The van der Waals surface area contributed by atoms with Gasteiger partial charge in [-0.15, -0.1) is 0 Å². The summed E-state index contributed by atoms with van der Waals surface area (Å²) in [6, 6.07) is 0. The Morgan fingerprint density at radius 2 is 2.12 bits per heavy atom. The van der Waals surface area contributed by atoms with E-state index in [1.165, 1.54) is 0 Å². The lowest BCUT2D eigenvalue weighted by atomic mass is 10.2. The summed E-state index contributed by atoms with van der Waals surface area (Å²) in [6.45, 7) is 2.66. The molecule has 1 atom stereocenters. The number of hydrogen-bond donors (Lipinski definition) is 0. The highest BCUT2D eigenvalue weighted by molar-refractivity contribution is 4.53. The van der Waals surface area contributed by atoms with Crippen LogP contribution in [0.4, 0.5) is 8.78 Å². The molecule has 49 valence electrons. The molecule has 0 rings (SSSR count). The van der Waals surface area contributed by atoms with Gasteiger partial charge in [0, 0.05) is 0 Å². The number of halogens is 2. The Kier molecular flexibility index (Phi) is 4.92. The first-order valence-electron chi connectivity index (χ1n) is 2.80. The molecule has 1 radical (unpaired) electrons. The number of alkyl halides is 2. The van der Waals surface area contributed by atoms with Crippen LogP contribution in [0.25, 0.3) is 0 Å². The molecular weight excluding hydrogens is 110 g/mol. The van der Waals surface area contributed by atoms with Crippen LogP contribution in [0.1, 0.15) is 19.3 Å². The second-order valence-corrected chi connectivity index (χ2v) is 1.75. The van der Waals surface area contributed by atoms with Gasteiger partial charge < -0.3 is 0 Å². The Morgan fingerprint density at radius 1 is 1.50 bits per heavy atom. The fourth-order valence-electron chi connectivity index (χ4n) is 0.443. The standard InChI is InChI=1S/C6H11F2/c1-2-3-4-6(8)5-7/h6H,1-5H2. The lowest BCUT2D eigenvalue weighted by molar-refractivity contribution is 0.244. The van der Waals surface area contributed by atoms with Gasteiger partial charge in [-0.2, -0.15) is 0 Å². The zero-order chi connectivity index (χ0) is 6.41. The van der Waals surface area contributed by atoms with E-state index in [1.807, 2.05) is 0 Å². The molecule has 2 heteroatoms. The van der Waals surface area contributed by atoms with Crippen molar-refractivity contribution in [3.63, 3.8) is 0 Å². The van der Waals surface area contributed by atoms with Crippen LogP contribution in [0.2, 0.25) is 0 Å². The zero-order valence-corrected chi connectivity index (χ0v) is 4.87. The van der Waals surface area contributed by atoms with E-state index in [0.29, 0.717) is 19.3 Å². The van der Waals surface area contributed by atoms with E-state index in [-0.39, 0.29) is 0 Å². The van der Waals surface area contributed by atoms with E-state index in [9.17, 15) is 8.78 Å². The summed E-state index contributed by atoms with van der Waals surface area (Å²) in [5, 5.41) is 0. The molecule has 0 bridgehead atoms. The first-order valence-corrected chi connectivity index (χ1v) is 2.80. The zero-order valence-electron chi connectivity index (χ0n) is 4.87. The topological polar surface area (TPSA) is 0 Å². The maximum absolute atomic E-state index is 11.9. The number of rotatable bonds is 4. The number of hydrogen-bond acceptors (Lipinski definition) is 0. The summed E-state index contributed by atoms with van der Waals surface area (Å²) in [5.41, 5.74) is 0. The summed E-state index contributed by atoms with van der Waals surface area (Å²) in [5.74, 6) is 0. The summed E-state index contributed by atoms with van der Waals surface area (Å²) >= 11 is 0. The van der Waals surface area contributed by atoms with Crippen LogP contribution in [0.5, 0.6) is 0 Å². The van der Waals surface area contributed by atoms with Gasteiger partial charge in [0.05, 0.1) is 0 Å². The van der Waals surface area contributed by atoms with Gasteiger partial charge in [-0.05, 0) is 6.42 Å². The second-order valence-electron chi connectivity index (χ2n) is 1.75. The Morgan fingerprint density at radius 3 is 2.50 bits per heavy atom. The molecule has 0 fully saturated rings. The van der Waals surface area contributed by atoms with Gasteiger partial charge in [0.15, 0.2) is 0 Å². The minimum atomic E-state index is -1.25.